The Balaban J connectivity index is 2.02. The van der Waals surface area contributed by atoms with E-state index in [0.717, 1.165) is 18.4 Å². The fraction of sp³-hybridized carbons (Fsp3) is 0.474. The van der Waals surface area contributed by atoms with Crippen LogP contribution in [0.25, 0.3) is 6.08 Å². The first-order valence-electron chi connectivity index (χ1n) is 8.06. The summed E-state index contributed by atoms with van der Waals surface area (Å²) < 4.78 is 10.4. The molecule has 0 bridgehead atoms. The van der Waals surface area contributed by atoms with Crippen LogP contribution in [0.2, 0.25) is 0 Å². The Kier molecular flexibility index (Phi) is 6.39. The lowest BCUT2D eigenvalue weighted by molar-refractivity contribution is -0.146. The number of hydrogen-bond acceptors (Lipinski definition) is 4. The van der Waals surface area contributed by atoms with Gasteiger partial charge in [0, 0.05) is 19.8 Å². The Labute approximate surface area is 137 Å². The van der Waals surface area contributed by atoms with E-state index in [4.69, 9.17) is 9.47 Å². The topological polar surface area (TPSA) is 52.6 Å². The smallest absolute Gasteiger partial charge is 0.302 e. The van der Waals surface area contributed by atoms with Gasteiger partial charge < -0.3 is 9.47 Å². The molecule has 3 atom stereocenters. The summed E-state index contributed by atoms with van der Waals surface area (Å²) in [6.45, 7) is 3.62. The quantitative estimate of drug-likeness (QED) is 0.754. The highest BCUT2D eigenvalue weighted by Crippen LogP contribution is 2.38. The van der Waals surface area contributed by atoms with E-state index < -0.39 is 0 Å². The third-order valence-corrected chi connectivity index (χ3v) is 4.34. The third kappa shape index (κ3) is 5.55. The van der Waals surface area contributed by atoms with Crippen molar-refractivity contribution >= 4 is 18.0 Å². The average Bonchev–Trinajstić information content (AvgIpc) is 2.92. The molecule has 1 aliphatic rings. The maximum atomic E-state index is 11.1. The maximum Gasteiger partial charge on any atom is 0.302 e. The van der Waals surface area contributed by atoms with E-state index in [-0.39, 0.29) is 23.8 Å². The number of allylic oxidation sites excluding steroid dienone is 1. The minimum absolute atomic E-state index is 0.193. The lowest BCUT2D eigenvalue weighted by atomic mass is 9.90. The first-order valence-corrected chi connectivity index (χ1v) is 8.06. The average molecular weight is 316 g/mol. The molecule has 4 heteroatoms. The van der Waals surface area contributed by atoms with E-state index in [2.05, 4.69) is 24.3 Å². The molecule has 0 amide bonds. The zero-order valence-corrected chi connectivity index (χ0v) is 13.7. The minimum atomic E-state index is -0.270. The van der Waals surface area contributed by atoms with Gasteiger partial charge in [-0.1, -0.05) is 42.5 Å². The van der Waals surface area contributed by atoms with Crippen LogP contribution in [-0.2, 0) is 19.1 Å². The largest absolute Gasteiger partial charge is 0.466 e. The number of rotatable bonds is 6. The van der Waals surface area contributed by atoms with Gasteiger partial charge >= 0.3 is 11.9 Å². The standard InChI is InChI=1S/C19H24O4/c1-14(20)22-12-18-11-10-17(19(18)13-23-15(2)21)9-8-16-6-4-3-5-7-16/h3-9,17-19H,10-13H2,1-2H3/b9-8-/t17-,18+,19+/m1/s1. The second-order valence-electron chi connectivity index (χ2n) is 6.04. The summed E-state index contributed by atoms with van der Waals surface area (Å²) in [7, 11) is 0. The van der Waals surface area contributed by atoms with Crippen molar-refractivity contribution in [1.29, 1.82) is 0 Å². The number of carbonyl (C=O) groups excluding carboxylic acids is 2. The molecule has 0 unspecified atom stereocenters. The third-order valence-electron chi connectivity index (χ3n) is 4.34. The molecule has 0 aromatic heterocycles. The Morgan fingerprint density at radius 1 is 1.04 bits per heavy atom. The molecule has 1 aliphatic carbocycles. The van der Waals surface area contributed by atoms with Gasteiger partial charge in [0.25, 0.3) is 0 Å². The van der Waals surface area contributed by atoms with Gasteiger partial charge in [-0.15, -0.1) is 0 Å². The molecule has 1 aromatic rings. The number of ether oxygens (including phenoxy) is 2. The summed E-state index contributed by atoms with van der Waals surface area (Å²) in [6.07, 6.45) is 6.29. The number of hydrogen-bond donors (Lipinski definition) is 0. The molecule has 0 heterocycles. The molecule has 2 rings (SSSR count). The molecular formula is C19H24O4. The van der Waals surface area contributed by atoms with E-state index in [9.17, 15) is 9.59 Å². The number of benzene rings is 1. The summed E-state index contributed by atoms with van der Waals surface area (Å²) in [5.74, 6) is 0.227. The molecule has 1 aromatic carbocycles. The van der Waals surface area contributed by atoms with Crippen LogP contribution in [0.1, 0.15) is 32.3 Å². The maximum absolute atomic E-state index is 11.1. The van der Waals surface area contributed by atoms with Gasteiger partial charge in [-0.3, -0.25) is 9.59 Å². The Hall–Kier alpha value is -2.10. The van der Waals surface area contributed by atoms with Crippen molar-refractivity contribution in [1.82, 2.24) is 0 Å². The van der Waals surface area contributed by atoms with Gasteiger partial charge in [0.05, 0.1) is 13.2 Å². The van der Waals surface area contributed by atoms with E-state index in [1.54, 1.807) is 0 Å². The molecule has 0 spiro atoms. The summed E-state index contributed by atoms with van der Waals surface area (Å²) in [5.41, 5.74) is 1.15. The van der Waals surface area contributed by atoms with Crippen molar-refractivity contribution in [3.8, 4) is 0 Å². The number of carbonyl (C=O) groups is 2. The molecular weight excluding hydrogens is 292 g/mol. The molecule has 1 fully saturated rings. The van der Waals surface area contributed by atoms with Crippen LogP contribution in [0.5, 0.6) is 0 Å². The van der Waals surface area contributed by atoms with Crippen molar-refractivity contribution in [2.24, 2.45) is 17.8 Å². The Morgan fingerprint density at radius 3 is 2.35 bits per heavy atom. The van der Waals surface area contributed by atoms with Crippen molar-refractivity contribution in [2.75, 3.05) is 13.2 Å². The molecule has 23 heavy (non-hydrogen) atoms. The molecule has 0 N–H and O–H groups in total. The first-order chi connectivity index (χ1) is 11.1. The predicted molar refractivity (Wildman–Crippen MR) is 88.4 cm³/mol. The molecule has 1 saturated carbocycles. The van der Waals surface area contributed by atoms with Gasteiger partial charge in [0.15, 0.2) is 0 Å². The minimum Gasteiger partial charge on any atom is -0.466 e. The van der Waals surface area contributed by atoms with Crippen LogP contribution in [0.3, 0.4) is 0 Å². The van der Waals surface area contributed by atoms with E-state index >= 15 is 0 Å². The second kappa shape index (κ2) is 8.51. The summed E-state index contributed by atoms with van der Waals surface area (Å²) in [6, 6.07) is 10.1. The van der Waals surface area contributed by atoms with Crippen LogP contribution in [0, 0.1) is 17.8 Å². The summed E-state index contributed by atoms with van der Waals surface area (Å²) in [5, 5.41) is 0. The van der Waals surface area contributed by atoms with Crippen molar-refractivity contribution in [3.05, 3.63) is 42.0 Å². The first kappa shape index (κ1) is 17.3. The predicted octanol–water partition coefficient (Wildman–Crippen LogP) is 3.47. The van der Waals surface area contributed by atoms with Crippen LogP contribution < -0.4 is 0 Å². The molecule has 124 valence electrons. The normalized spacial score (nSPS) is 23.8. The van der Waals surface area contributed by atoms with Crippen molar-refractivity contribution < 1.29 is 19.1 Å². The lowest BCUT2D eigenvalue weighted by Crippen LogP contribution is -2.25. The van der Waals surface area contributed by atoms with Gasteiger partial charge in [-0.2, -0.15) is 0 Å². The lowest BCUT2D eigenvalue weighted by Gasteiger charge is -2.22. The van der Waals surface area contributed by atoms with E-state index in [1.165, 1.54) is 13.8 Å². The summed E-state index contributed by atoms with van der Waals surface area (Å²) >= 11 is 0. The highest BCUT2D eigenvalue weighted by Gasteiger charge is 2.36. The zero-order chi connectivity index (χ0) is 16.7. The van der Waals surface area contributed by atoms with Crippen molar-refractivity contribution in [2.45, 2.75) is 26.7 Å². The van der Waals surface area contributed by atoms with E-state index in [1.807, 2.05) is 18.2 Å². The zero-order valence-electron chi connectivity index (χ0n) is 13.7. The van der Waals surface area contributed by atoms with E-state index in [0.29, 0.717) is 19.1 Å². The van der Waals surface area contributed by atoms with Crippen LogP contribution in [0.15, 0.2) is 36.4 Å². The molecule has 0 aliphatic heterocycles. The molecule has 0 saturated heterocycles. The Bertz CT molecular complexity index is 550. The SMILES string of the molecule is CC(=O)OC[C@@H]1CC[C@@H](/C=C\c2ccccc2)[C@@H]1COC(C)=O. The van der Waals surface area contributed by atoms with Gasteiger partial charge in [0.1, 0.15) is 0 Å². The van der Waals surface area contributed by atoms with Crippen molar-refractivity contribution in [3.63, 3.8) is 0 Å². The highest BCUT2D eigenvalue weighted by atomic mass is 16.5. The van der Waals surface area contributed by atoms with Gasteiger partial charge in [-0.25, -0.2) is 0 Å². The van der Waals surface area contributed by atoms with Gasteiger partial charge in [0.2, 0.25) is 0 Å². The van der Waals surface area contributed by atoms with Crippen LogP contribution >= 0.6 is 0 Å². The Morgan fingerprint density at radius 2 is 1.70 bits per heavy atom. The van der Waals surface area contributed by atoms with Gasteiger partial charge in [-0.05, 0) is 30.2 Å². The monoisotopic (exact) mass is 316 g/mol. The van der Waals surface area contributed by atoms with Crippen LogP contribution in [0.4, 0.5) is 0 Å². The fourth-order valence-electron chi connectivity index (χ4n) is 3.13. The molecule has 0 radical (unpaired) electrons. The highest BCUT2D eigenvalue weighted by molar-refractivity contribution is 5.66. The number of esters is 2. The molecule has 4 nitrogen and oxygen atoms in total. The van der Waals surface area contributed by atoms with Crippen LogP contribution in [-0.4, -0.2) is 25.2 Å². The fourth-order valence-corrected chi connectivity index (χ4v) is 3.13. The second-order valence-corrected chi connectivity index (χ2v) is 6.04. The summed E-state index contributed by atoms with van der Waals surface area (Å²) in [4.78, 5) is 22.2.